The molecule has 0 amide bonds. The molecule has 1 aromatic carbocycles. The maximum absolute atomic E-state index is 12.7. The summed E-state index contributed by atoms with van der Waals surface area (Å²) in [7, 11) is 0. The van der Waals surface area contributed by atoms with E-state index in [0.717, 1.165) is 12.1 Å². The lowest BCUT2D eigenvalue weighted by atomic mass is 10.0. The van der Waals surface area contributed by atoms with Gasteiger partial charge in [0.05, 0.1) is 5.56 Å². The van der Waals surface area contributed by atoms with Crippen LogP contribution in [0.3, 0.4) is 0 Å². The first-order valence-corrected chi connectivity index (χ1v) is 7.40. The summed E-state index contributed by atoms with van der Waals surface area (Å²) in [6, 6.07) is 5.20. The first kappa shape index (κ1) is 16.9. The summed E-state index contributed by atoms with van der Waals surface area (Å²) in [4.78, 5) is 20.2. The van der Waals surface area contributed by atoms with Gasteiger partial charge in [0.15, 0.2) is 10.9 Å². The molecule has 1 heterocycles. The van der Waals surface area contributed by atoms with E-state index in [9.17, 15) is 18.0 Å². The van der Waals surface area contributed by atoms with Crippen molar-refractivity contribution >= 4 is 23.3 Å². The molecule has 5 nitrogen and oxygen atoms in total. The lowest BCUT2D eigenvalue weighted by Crippen LogP contribution is -2.18. The number of aromatic nitrogens is 2. The van der Waals surface area contributed by atoms with Crippen molar-refractivity contribution < 1.29 is 23.2 Å². The van der Waals surface area contributed by atoms with Gasteiger partial charge in [0.2, 0.25) is 5.78 Å². The molecule has 0 aliphatic carbocycles. The molecule has 1 N–H and O–H groups in total. The molecule has 0 atom stereocenters. The molecule has 0 spiro atoms. The van der Waals surface area contributed by atoms with Crippen molar-refractivity contribution in [3.05, 3.63) is 53.3 Å². The van der Waals surface area contributed by atoms with Crippen LogP contribution in [0.5, 0.6) is 0 Å². The van der Waals surface area contributed by atoms with E-state index in [1.54, 1.807) is 6.26 Å². The second-order valence-corrected chi connectivity index (χ2v) is 5.06. The van der Waals surface area contributed by atoms with Crippen molar-refractivity contribution in [2.45, 2.75) is 11.3 Å². The normalized spacial score (nSPS) is 12.3. The summed E-state index contributed by atoms with van der Waals surface area (Å²) >= 11 is 1.21. The first-order chi connectivity index (χ1) is 10.9. The van der Waals surface area contributed by atoms with E-state index in [2.05, 4.69) is 15.1 Å². The van der Waals surface area contributed by atoms with E-state index in [4.69, 9.17) is 5.21 Å². The standard InChI is InChI=1S/C14H10F3N3O2S/c1-23-13-18-6-5-10(19-13)11(20-22)12(21)8-3-2-4-9(7-8)14(15,16)17/h2-7,22H,1H3. The maximum atomic E-state index is 12.7. The Kier molecular flexibility index (Phi) is 4.99. The number of ketones is 1. The van der Waals surface area contributed by atoms with Gasteiger partial charge < -0.3 is 5.21 Å². The Morgan fingerprint density at radius 1 is 1.30 bits per heavy atom. The minimum Gasteiger partial charge on any atom is -0.410 e. The number of rotatable bonds is 4. The van der Waals surface area contributed by atoms with Crippen LogP contribution >= 0.6 is 11.8 Å². The van der Waals surface area contributed by atoms with Crippen LogP contribution in [0.1, 0.15) is 21.6 Å². The van der Waals surface area contributed by atoms with Gasteiger partial charge in [-0.15, -0.1) is 0 Å². The highest BCUT2D eigenvalue weighted by molar-refractivity contribution is 7.98. The van der Waals surface area contributed by atoms with E-state index in [1.807, 2.05) is 0 Å². The van der Waals surface area contributed by atoms with Gasteiger partial charge in [0, 0.05) is 11.8 Å². The number of benzene rings is 1. The number of oxime groups is 1. The first-order valence-electron chi connectivity index (χ1n) is 6.18. The number of carbonyl (C=O) groups excluding carboxylic acids is 1. The number of alkyl halides is 3. The fourth-order valence-electron chi connectivity index (χ4n) is 1.76. The van der Waals surface area contributed by atoms with Gasteiger partial charge in [-0.3, -0.25) is 4.79 Å². The van der Waals surface area contributed by atoms with Crippen LogP contribution < -0.4 is 0 Å². The van der Waals surface area contributed by atoms with Crippen molar-refractivity contribution in [1.29, 1.82) is 0 Å². The van der Waals surface area contributed by atoms with Crippen LogP contribution in [0.15, 0.2) is 46.8 Å². The van der Waals surface area contributed by atoms with Crippen LogP contribution in [0.2, 0.25) is 0 Å². The third kappa shape index (κ3) is 3.86. The highest BCUT2D eigenvalue weighted by atomic mass is 32.2. The molecule has 0 fully saturated rings. The summed E-state index contributed by atoms with van der Waals surface area (Å²) in [6.45, 7) is 0. The number of nitrogens with zero attached hydrogens (tertiary/aromatic N) is 3. The van der Waals surface area contributed by atoms with Crippen molar-refractivity contribution in [2.75, 3.05) is 6.26 Å². The molecule has 2 rings (SSSR count). The predicted molar refractivity (Wildman–Crippen MR) is 77.9 cm³/mol. The molecule has 0 aliphatic heterocycles. The van der Waals surface area contributed by atoms with Gasteiger partial charge in [0.25, 0.3) is 0 Å². The van der Waals surface area contributed by atoms with Gasteiger partial charge in [-0.2, -0.15) is 13.2 Å². The van der Waals surface area contributed by atoms with Crippen LogP contribution in [0.4, 0.5) is 13.2 Å². The summed E-state index contributed by atoms with van der Waals surface area (Å²) in [6.07, 6.45) is -1.50. The third-order valence-electron chi connectivity index (χ3n) is 2.83. The zero-order valence-corrected chi connectivity index (χ0v) is 12.5. The monoisotopic (exact) mass is 341 g/mol. The topological polar surface area (TPSA) is 75.4 Å². The Labute approximate surface area is 133 Å². The Balaban J connectivity index is 2.41. The number of hydrogen-bond donors (Lipinski definition) is 1. The van der Waals surface area contributed by atoms with Crippen molar-refractivity contribution in [2.24, 2.45) is 5.16 Å². The van der Waals surface area contributed by atoms with E-state index in [1.165, 1.54) is 30.1 Å². The molecule has 120 valence electrons. The molecule has 0 unspecified atom stereocenters. The fraction of sp³-hybridized carbons (Fsp3) is 0.143. The van der Waals surface area contributed by atoms with Gasteiger partial charge in [-0.1, -0.05) is 29.1 Å². The van der Waals surface area contributed by atoms with E-state index in [0.29, 0.717) is 11.2 Å². The number of halogens is 3. The predicted octanol–water partition coefficient (Wildman–Crippen LogP) is 3.28. The molecule has 0 radical (unpaired) electrons. The van der Waals surface area contributed by atoms with Gasteiger partial charge >= 0.3 is 6.18 Å². The number of carbonyl (C=O) groups is 1. The zero-order chi connectivity index (χ0) is 17.0. The fourth-order valence-corrected chi connectivity index (χ4v) is 2.11. The second-order valence-electron chi connectivity index (χ2n) is 4.28. The molecule has 0 saturated carbocycles. The highest BCUT2D eigenvalue weighted by Gasteiger charge is 2.31. The minimum absolute atomic E-state index is 0.0225. The number of hydrogen-bond acceptors (Lipinski definition) is 6. The highest BCUT2D eigenvalue weighted by Crippen LogP contribution is 2.29. The molecule has 0 bridgehead atoms. The summed E-state index contributed by atoms with van der Waals surface area (Å²) in [5.74, 6) is -0.871. The zero-order valence-electron chi connectivity index (χ0n) is 11.7. The van der Waals surface area contributed by atoms with Gasteiger partial charge in [0.1, 0.15) is 5.69 Å². The van der Waals surface area contributed by atoms with Gasteiger partial charge in [-0.05, 0) is 24.5 Å². The van der Waals surface area contributed by atoms with Crippen molar-refractivity contribution in [3.63, 3.8) is 0 Å². The molecule has 1 aromatic heterocycles. The second kappa shape index (κ2) is 6.78. The Hall–Kier alpha value is -2.42. The van der Waals surface area contributed by atoms with E-state index >= 15 is 0 Å². The van der Waals surface area contributed by atoms with Crippen LogP contribution in [-0.2, 0) is 6.18 Å². The SMILES string of the molecule is CSc1nccc(C(=NO)C(=O)c2cccc(C(F)(F)F)c2)n1. The molecular weight excluding hydrogens is 331 g/mol. The minimum atomic E-state index is -4.58. The maximum Gasteiger partial charge on any atom is 0.416 e. The Morgan fingerprint density at radius 3 is 2.65 bits per heavy atom. The molecule has 0 aliphatic rings. The molecule has 0 saturated heterocycles. The number of Topliss-reactive ketones (excluding diaryl/α,β-unsaturated/α-hetero) is 1. The Bertz CT molecular complexity index is 763. The van der Waals surface area contributed by atoms with E-state index < -0.39 is 23.2 Å². The number of thioether (sulfide) groups is 1. The quantitative estimate of drug-likeness (QED) is 0.231. The summed E-state index contributed by atoms with van der Waals surface area (Å²) in [5, 5.41) is 12.3. The third-order valence-corrected chi connectivity index (χ3v) is 3.39. The largest absolute Gasteiger partial charge is 0.416 e. The smallest absolute Gasteiger partial charge is 0.410 e. The van der Waals surface area contributed by atoms with Crippen LogP contribution in [0, 0.1) is 0 Å². The van der Waals surface area contributed by atoms with E-state index in [-0.39, 0.29) is 11.3 Å². The molecule has 9 heteroatoms. The molecule has 2 aromatic rings. The van der Waals surface area contributed by atoms with Crippen LogP contribution in [-0.4, -0.2) is 32.9 Å². The van der Waals surface area contributed by atoms with Crippen molar-refractivity contribution in [1.82, 2.24) is 9.97 Å². The summed E-state index contributed by atoms with van der Waals surface area (Å²) < 4.78 is 38.2. The average Bonchev–Trinajstić information content (AvgIpc) is 2.55. The van der Waals surface area contributed by atoms with Crippen LogP contribution in [0.25, 0.3) is 0 Å². The summed E-state index contributed by atoms with van der Waals surface area (Å²) in [5.41, 5.74) is -1.65. The average molecular weight is 341 g/mol. The lowest BCUT2D eigenvalue weighted by Gasteiger charge is -2.09. The van der Waals surface area contributed by atoms with Crippen molar-refractivity contribution in [3.8, 4) is 0 Å². The molecular formula is C14H10F3N3O2S. The Morgan fingerprint density at radius 2 is 2.04 bits per heavy atom. The lowest BCUT2D eigenvalue weighted by molar-refractivity contribution is -0.137. The van der Waals surface area contributed by atoms with Gasteiger partial charge in [-0.25, -0.2) is 9.97 Å². The molecule has 23 heavy (non-hydrogen) atoms.